The number of piperidine rings is 1. The molecule has 3 heterocycles. The lowest BCUT2D eigenvalue weighted by Gasteiger charge is -2.49. The fourth-order valence-electron chi connectivity index (χ4n) is 5.17. The number of carbonyl (C=O) groups excluding carboxylic acids is 1. The number of likely N-dealkylation sites (tertiary alicyclic amines) is 1. The van der Waals surface area contributed by atoms with Crippen LogP contribution in [0, 0.1) is 5.92 Å². The number of benzene rings is 1. The molecule has 3 aliphatic heterocycles. The molecule has 0 radical (unpaired) electrons. The minimum atomic E-state index is -4.47. The van der Waals surface area contributed by atoms with Gasteiger partial charge in [-0.1, -0.05) is 48.7 Å². The summed E-state index contributed by atoms with van der Waals surface area (Å²) < 4.78 is 46.0. The summed E-state index contributed by atoms with van der Waals surface area (Å²) in [5.41, 5.74) is -2.62. The third-order valence-electron chi connectivity index (χ3n) is 7.57. The number of nitrogens with one attached hydrogen (secondary N) is 1. The molecular weight excluding hydrogens is 505 g/mol. The van der Waals surface area contributed by atoms with Crippen molar-refractivity contribution in [1.29, 1.82) is 0 Å². The van der Waals surface area contributed by atoms with Gasteiger partial charge in [0, 0.05) is 38.7 Å². The van der Waals surface area contributed by atoms with Crippen LogP contribution in [0.2, 0.25) is 0 Å². The Kier molecular flexibility index (Phi) is 7.18. The number of rotatable bonds is 6. The average Bonchev–Trinajstić information content (AvgIpc) is 3.71. The highest BCUT2D eigenvalue weighted by Crippen LogP contribution is 2.38. The fourth-order valence-corrected chi connectivity index (χ4v) is 5.51. The molecule has 2 fully saturated rings. The number of amidine groups is 1. The Bertz CT molecular complexity index is 1100. The van der Waals surface area contributed by atoms with E-state index >= 15 is 0 Å². The molecule has 1 aromatic carbocycles. The summed E-state index contributed by atoms with van der Waals surface area (Å²) in [6, 6.07) is 5.10. The molecule has 1 amide bonds. The van der Waals surface area contributed by atoms with Crippen LogP contribution in [0.25, 0.3) is 0 Å². The molecule has 37 heavy (non-hydrogen) atoms. The van der Waals surface area contributed by atoms with Crippen molar-refractivity contribution in [3.8, 4) is 5.75 Å². The molecule has 6 nitrogen and oxygen atoms in total. The first kappa shape index (κ1) is 25.9. The van der Waals surface area contributed by atoms with Crippen molar-refractivity contribution in [3.63, 3.8) is 0 Å². The number of nitrogens with zero attached hydrogens (tertiary/aromatic N) is 3. The normalized spacial score (nSPS) is 28.1. The summed E-state index contributed by atoms with van der Waals surface area (Å²) in [4.78, 5) is 22.3. The van der Waals surface area contributed by atoms with Crippen LogP contribution in [-0.2, 0) is 11.0 Å². The van der Waals surface area contributed by atoms with Gasteiger partial charge in [0.15, 0.2) is 5.54 Å². The lowest BCUT2D eigenvalue weighted by atomic mass is 9.93. The number of amides is 1. The van der Waals surface area contributed by atoms with Crippen molar-refractivity contribution in [2.24, 2.45) is 10.9 Å². The van der Waals surface area contributed by atoms with Gasteiger partial charge in [-0.05, 0) is 37.5 Å². The van der Waals surface area contributed by atoms with Crippen LogP contribution in [-0.4, -0.2) is 64.4 Å². The minimum Gasteiger partial charge on any atom is -0.490 e. The first-order valence-corrected chi connectivity index (χ1v) is 13.3. The number of halogens is 4. The number of para-hydroxylation sites is 1. The average molecular weight is 537 g/mol. The van der Waals surface area contributed by atoms with Gasteiger partial charge < -0.3 is 19.9 Å². The van der Waals surface area contributed by atoms with E-state index in [0.29, 0.717) is 38.4 Å². The smallest absolute Gasteiger partial charge is 0.419 e. The lowest BCUT2D eigenvalue weighted by molar-refractivity contribution is -0.139. The van der Waals surface area contributed by atoms with E-state index in [1.54, 1.807) is 13.0 Å². The van der Waals surface area contributed by atoms with Crippen molar-refractivity contribution in [1.82, 2.24) is 15.1 Å². The molecule has 200 valence electrons. The van der Waals surface area contributed by atoms with E-state index in [4.69, 9.17) is 21.3 Å². The molecule has 0 aromatic heterocycles. The standard InChI is InChI=1S/C27H32ClF3N4O2/c1-26(25(36)32-14-11-18-9-10-18)24(28)35-15-5-4-7-21(35)23(33-26)34-16-12-19(13-17-34)37-22-8-3-2-6-20(22)27(29,30)31/h2-8,15,18-19,21,24H,9-14,16-17H2,1H3,(H,32,36). The minimum absolute atomic E-state index is 0.143. The van der Waals surface area contributed by atoms with E-state index < -0.39 is 22.8 Å². The Hall–Kier alpha value is -2.68. The third kappa shape index (κ3) is 5.47. The number of ether oxygens (including phenoxy) is 1. The molecule has 0 bridgehead atoms. The lowest BCUT2D eigenvalue weighted by Crippen LogP contribution is -2.64. The van der Waals surface area contributed by atoms with Gasteiger partial charge in [-0.2, -0.15) is 13.2 Å². The number of aliphatic imine (C=N–C) groups is 1. The summed E-state index contributed by atoms with van der Waals surface area (Å²) in [6.07, 6.45) is 7.37. The molecule has 1 N–H and O–H groups in total. The van der Waals surface area contributed by atoms with Crippen molar-refractivity contribution >= 4 is 23.3 Å². The Morgan fingerprint density at radius 2 is 1.92 bits per heavy atom. The molecule has 10 heteroatoms. The summed E-state index contributed by atoms with van der Waals surface area (Å²) in [6.45, 7) is 3.47. The number of allylic oxidation sites excluding steroid dienone is 2. The Labute approximate surface area is 220 Å². The summed E-state index contributed by atoms with van der Waals surface area (Å²) >= 11 is 6.86. The maximum Gasteiger partial charge on any atom is 0.419 e. The molecule has 3 atom stereocenters. The van der Waals surface area contributed by atoms with Crippen LogP contribution >= 0.6 is 11.6 Å². The van der Waals surface area contributed by atoms with E-state index in [-0.39, 0.29) is 23.8 Å². The number of fused-ring (bicyclic) bond motifs is 1. The summed E-state index contributed by atoms with van der Waals surface area (Å²) in [5, 5.41) is 3.04. The quantitative estimate of drug-likeness (QED) is 0.413. The first-order chi connectivity index (χ1) is 17.7. The monoisotopic (exact) mass is 536 g/mol. The van der Waals surface area contributed by atoms with E-state index in [2.05, 4.69) is 10.2 Å². The van der Waals surface area contributed by atoms with Gasteiger partial charge in [0.05, 0.1) is 5.56 Å². The zero-order valence-corrected chi connectivity index (χ0v) is 21.5. The van der Waals surface area contributed by atoms with Gasteiger partial charge in [-0.3, -0.25) is 9.79 Å². The molecule has 1 saturated carbocycles. The van der Waals surface area contributed by atoms with Crippen LogP contribution in [0.5, 0.6) is 5.75 Å². The van der Waals surface area contributed by atoms with Crippen molar-refractivity contribution in [2.75, 3.05) is 19.6 Å². The molecule has 3 unspecified atom stereocenters. The number of carbonyl (C=O) groups is 1. The molecule has 5 rings (SSSR count). The second-order valence-corrected chi connectivity index (χ2v) is 10.8. The maximum atomic E-state index is 13.4. The molecular formula is C27H32ClF3N4O2. The van der Waals surface area contributed by atoms with Crippen LogP contribution in [0.15, 0.2) is 53.7 Å². The largest absolute Gasteiger partial charge is 0.490 e. The number of alkyl halides is 4. The molecule has 0 spiro atoms. The van der Waals surface area contributed by atoms with Gasteiger partial charge in [-0.15, -0.1) is 0 Å². The second-order valence-electron chi connectivity index (χ2n) is 10.4. The maximum absolute atomic E-state index is 13.4. The highest BCUT2D eigenvalue weighted by Gasteiger charge is 2.50. The van der Waals surface area contributed by atoms with Gasteiger partial charge in [0.1, 0.15) is 29.2 Å². The Morgan fingerprint density at radius 3 is 2.62 bits per heavy atom. The molecule has 1 aliphatic carbocycles. The highest BCUT2D eigenvalue weighted by atomic mass is 35.5. The van der Waals surface area contributed by atoms with Crippen molar-refractivity contribution in [3.05, 3.63) is 54.3 Å². The molecule has 1 saturated heterocycles. The summed E-state index contributed by atoms with van der Waals surface area (Å²) in [7, 11) is 0. The topological polar surface area (TPSA) is 57.2 Å². The number of hydrogen-bond acceptors (Lipinski definition) is 5. The van der Waals surface area contributed by atoms with E-state index in [0.717, 1.165) is 18.3 Å². The van der Waals surface area contributed by atoms with Crippen LogP contribution in [0.3, 0.4) is 0 Å². The van der Waals surface area contributed by atoms with Crippen LogP contribution in [0.1, 0.15) is 44.6 Å². The molecule has 1 aromatic rings. The van der Waals surface area contributed by atoms with Crippen LogP contribution < -0.4 is 10.1 Å². The van der Waals surface area contributed by atoms with Gasteiger partial charge in [-0.25, -0.2) is 0 Å². The second kappa shape index (κ2) is 10.2. The SMILES string of the molecule is CC1(C(=O)NCCC2CC2)N=C(N2CCC(Oc3ccccc3C(F)(F)F)CC2)C2C=CC=CN2C1Cl. The van der Waals surface area contributed by atoms with Gasteiger partial charge >= 0.3 is 6.18 Å². The predicted molar refractivity (Wildman–Crippen MR) is 136 cm³/mol. The first-order valence-electron chi connectivity index (χ1n) is 12.9. The van der Waals surface area contributed by atoms with E-state index in [1.807, 2.05) is 29.3 Å². The van der Waals surface area contributed by atoms with Crippen molar-refractivity contribution < 1.29 is 22.7 Å². The van der Waals surface area contributed by atoms with E-state index in [1.165, 1.54) is 25.0 Å². The third-order valence-corrected chi connectivity index (χ3v) is 8.22. The number of hydrogen-bond donors (Lipinski definition) is 1. The van der Waals surface area contributed by atoms with Crippen LogP contribution in [0.4, 0.5) is 13.2 Å². The Morgan fingerprint density at radius 1 is 1.19 bits per heavy atom. The molecule has 4 aliphatic rings. The fraction of sp³-hybridized carbons (Fsp3) is 0.556. The zero-order valence-electron chi connectivity index (χ0n) is 20.8. The summed E-state index contributed by atoms with van der Waals surface area (Å²) in [5.74, 6) is 1.10. The zero-order chi connectivity index (χ0) is 26.2. The predicted octanol–water partition coefficient (Wildman–Crippen LogP) is 4.95. The van der Waals surface area contributed by atoms with Gasteiger partial charge in [0.25, 0.3) is 5.91 Å². The van der Waals surface area contributed by atoms with Crippen molar-refractivity contribution in [2.45, 2.75) is 68.4 Å². The van der Waals surface area contributed by atoms with E-state index in [9.17, 15) is 18.0 Å². The highest BCUT2D eigenvalue weighted by molar-refractivity contribution is 6.24. The Balaban J connectivity index is 1.30. The van der Waals surface area contributed by atoms with Gasteiger partial charge in [0.2, 0.25) is 0 Å².